The van der Waals surface area contributed by atoms with E-state index in [0.717, 1.165) is 59.6 Å². The zero-order valence-electron chi connectivity index (χ0n) is 28.7. The van der Waals surface area contributed by atoms with Gasteiger partial charge in [0.15, 0.2) is 0 Å². The van der Waals surface area contributed by atoms with E-state index in [-0.39, 0.29) is 17.0 Å². The van der Waals surface area contributed by atoms with Crippen LogP contribution in [0.1, 0.15) is 107 Å². The van der Waals surface area contributed by atoms with Crippen molar-refractivity contribution in [3.8, 4) is 11.5 Å². The minimum Gasteiger partial charge on any atom is -0.494 e. The summed E-state index contributed by atoms with van der Waals surface area (Å²) >= 11 is 0. The van der Waals surface area contributed by atoms with E-state index in [0.29, 0.717) is 24.7 Å². The van der Waals surface area contributed by atoms with Gasteiger partial charge in [-0.3, -0.25) is 4.79 Å². The first-order valence-corrected chi connectivity index (χ1v) is 17.9. The average Bonchev–Trinajstić information content (AvgIpc) is 3.79. The number of nitrogens with zero attached hydrogens (tertiary/aromatic N) is 1. The molecular formula is C41H50N2O5. The fourth-order valence-electron chi connectivity index (χ4n) is 7.46. The second-order valence-electron chi connectivity index (χ2n) is 15.0. The van der Waals surface area contributed by atoms with E-state index in [2.05, 4.69) is 38.2 Å². The van der Waals surface area contributed by atoms with E-state index in [1.54, 1.807) is 6.07 Å². The Labute approximate surface area is 284 Å². The van der Waals surface area contributed by atoms with Gasteiger partial charge in [-0.15, -0.1) is 0 Å². The summed E-state index contributed by atoms with van der Waals surface area (Å²) in [4.78, 5) is 30.9. The van der Waals surface area contributed by atoms with Crippen molar-refractivity contribution in [1.29, 1.82) is 0 Å². The summed E-state index contributed by atoms with van der Waals surface area (Å²) in [7, 11) is 0. The van der Waals surface area contributed by atoms with Crippen LogP contribution in [0.3, 0.4) is 0 Å². The second kappa shape index (κ2) is 15.0. The van der Waals surface area contributed by atoms with Crippen LogP contribution in [-0.2, 0) is 21.4 Å². The normalized spacial score (nSPS) is 19.3. The molecule has 2 fully saturated rings. The number of carboxylic acids is 1. The zero-order chi connectivity index (χ0) is 33.7. The van der Waals surface area contributed by atoms with Crippen LogP contribution in [0.2, 0.25) is 0 Å². The molecule has 0 radical (unpaired) electrons. The molecule has 1 heterocycles. The van der Waals surface area contributed by atoms with Crippen molar-refractivity contribution in [2.24, 2.45) is 17.8 Å². The van der Waals surface area contributed by atoms with Crippen LogP contribution in [0.5, 0.6) is 11.5 Å². The van der Waals surface area contributed by atoms with Gasteiger partial charge in [-0.1, -0.05) is 96.4 Å². The number of amides is 1. The minimum absolute atomic E-state index is 0.0627. The zero-order valence-corrected chi connectivity index (χ0v) is 28.7. The largest absolute Gasteiger partial charge is 0.494 e. The van der Waals surface area contributed by atoms with E-state index < -0.39 is 17.9 Å². The van der Waals surface area contributed by atoms with Gasteiger partial charge in [-0.2, -0.15) is 0 Å². The number of carboxylic acid groups (broad SMARTS) is 1. The SMILES string of the molecule is CC(C)(C)c1ccc(Oc2ccc3cc(C(=O)N[C@H](C(=O)O)C4C=CC(OCCC5CCCC5)=CC4)nc(CC4CCCC4)c3c2)cc1. The van der Waals surface area contributed by atoms with E-state index in [1.165, 1.54) is 44.1 Å². The molecule has 3 aromatic rings. The van der Waals surface area contributed by atoms with Gasteiger partial charge in [-0.25, -0.2) is 9.78 Å². The first-order chi connectivity index (χ1) is 23.1. The van der Waals surface area contributed by atoms with Gasteiger partial charge in [0.05, 0.1) is 6.61 Å². The first-order valence-electron chi connectivity index (χ1n) is 17.9. The van der Waals surface area contributed by atoms with Crippen LogP contribution in [-0.4, -0.2) is 34.6 Å². The number of rotatable bonds is 12. The molecule has 1 unspecified atom stereocenters. The first kappa shape index (κ1) is 33.8. The fourth-order valence-corrected chi connectivity index (χ4v) is 7.46. The van der Waals surface area contributed by atoms with Crippen molar-refractivity contribution >= 4 is 22.6 Å². The molecule has 2 aromatic carbocycles. The number of carbonyl (C=O) groups excluding carboxylic acids is 1. The molecule has 3 aliphatic rings. The van der Waals surface area contributed by atoms with Crippen LogP contribution >= 0.6 is 0 Å². The smallest absolute Gasteiger partial charge is 0.326 e. The van der Waals surface area contributed by atoms with Crippen molar-refractivity contribution in [2.75, 3.05) is 6.61 Å². The van der Waals surface area contributed by atoms with Gasteiger partial charge in [-0.05, 0) is 89.9 Å². The van der Waals surface area contributed by atoms with E-state index in [9.17, 15) is 14.7 Å². The Morgan fingerprint density at radius 2 is 1.62 bits per heavy atom. The summed E-state index contributed by atoms with van der Waals surface area (Å²) in [5.41, 5.74) is 2.39. The number of aliphatic carboxylic acids is 1. The maximum atomic E-state index is 13.6. The summed E-state index contributed by atoms with van der Waals surface area (Å²) in [5.74, 6) is 1.58. The third-order valence-electron chi connectivity index (χ3n) is 10.4. The van der Waals surface area contributed by atoms with Gasteiger partial charge in [0.1, 0.15) is 29.0 Å². The summed E-state index contributed by atoms with van der Waals surface area (Å²) in [6, 6.07) is 14.8. The van der Waals surface area contributed by atoms with Crippen LogP contribution in [0, 0.1) is 17.8 Å². The Kier molecular flexibility index (Phi) is 10.5. The highest BCUT2D eigenvalue weighted by Crippen LogP contribution is 2.34. The number of benzene rings is 2. The van der Waals surface area contributed by atoms with Crippen molar-refractivity contribution in [3.63, 3.8) is 0 Å². The second-order valence-corrected chi connectivity index (χ2v) is 15.0. The highest BCUT2D eigenvalue weighted by Gasteiger charge is 2.30. The lowest BCUT2D eigenvalue weighted by Crippen LogP contribution is -2.46. The van der Waals surface area contributed by atoms with Crippen molar-refractivity contribution < 1.29 is 24.2 Å². The Morgan fingerprint density at radius 1 is 0.938 bits per heavy atom. The van der Waals surface area contributed by atoms with Gasteiger partial charge in [0.2, 0.25) is 0 Å². The van der Waals surface area contributed by atoms with E-state index in [4.69, 9.17) is 14.5 Å². The highest BCUT2D eigenvalue weighted by molar-refractivity contribution is 5.99. The maximum absolute atomic E-state index is 13.6. The number of pyridine rings is 1. The monoisotopic (exact) mass is 650 g/mol. The standard InChI is InChI=1S/C41H50N2O5/c1-41(2,3)31-15-20-33(21-16-31)48-34-19-14-30-25-37(42-36(35(30)26-34)24-28-10-6-7-11-28)39(44)43-38(40(45)46)29-12-17-32(18-13-29)47-23-22-27-8-4-5-9-27/h12,14-21,25-29,38H,4-11,13,22-24H2,1-3H3,(H,43,44)(H,45,46)/t29?,38-/m0/s1. The molecule has 2 atom stereocenters. The number of hydrogen-bond acceptors (Lipinski definition) is 5. The minimum atomic E-state index is -1.08. The molecule has 2 saturated carbocycles. The number of carbonyl (C=O) groups is 2. The van der Waals surface area contributed by atoms with Gasteiger partial charge < -0.3 is 19.9 Å². The quantitative estimate of drug-likeness (QED) is 0.203. The van der Waals surface area contributed by atoms with Gasteiger partial charge in [0.25, 0.3) is 5.91 Å². The van der Waals surface area contributed by atoms with Crippen molar-refractivity contribution in [2.45, 2.75) is 103 Å². The molecule has 1 aromatic heterocycles. The molecule has 0 spiro atoms. The summed E-state index contributed by atoms with van der Waals surface area (Å²) in [5, 5.41) is 14.8. The number of fused-ring (bicyclic) bond motifs is 1. The van der Waals surface area contributed by atoms with Crippen LogP contribution in [0.15, 0.2) is 72.5 Å². The summed E-state index contributed by atoms with van der Waals surface area (Å²) in [6.45, 7) is 7.25. The van der Waals surface area contributed by atoms with Crippen LogP contribution in [0.25, 0.3) is 10.8 Å². The maximum Gasteiger partial charge on any atom is 0.326 e. The topological polar surface area (TPSA) is 97.8 Å². The molecule has 7 nitrogen and oxygen atoms in total. The third-order valence-corrected chi connectivity index (χ3v) is 10.4. The lowest BCUT2D eigenvalue weighted by atomic mass is 9.87. The third kappa shape index (κ3) is 8.47. The van der Waals surface area contributed by atoms with Gasteiger partial charge >= 0.3 is 5.97 Å². The molecule has 48 heavy (non-hydrogen) atoms. The van der Waals surface area contributed by atoms with E-state index in [1.807, 2.05) is 48.6 Å². The van der Waals surface area contributed by atoms with Gasteiger partial charge in [0, 0.05) is 17.0 Å². The molecular weight excluding hydrogens is 600 g/mol. The molecule has 0 saturated heterocycles. The lowest BCUT2D eigenvalue weighted by molar-refractivity contribution is -0.140. The summed E-state index contributed by atoms with van der Waals surface area (Å²) in [6.07, 6.45) is 17.8. The molecule has 3 aliphatic carbocycles. The van der Waals surface area contributed by atoms with E-state index >= 15 is 0 Å². The molecule has 6 rings (SSSR count). The van der Waals surface area contributed by atoms with Crippen LogP contribution in [0.4, 0.5) is 0 Å². The lowest BCUT2D eigenvalue weighted by Gasteiger charge is -2.24. The molecule has 7 heteroatoms. The number of allylic oxidation sites excluding steroid dienone is 2. The number of aromatic nitrogens is 1. The molecule has 254 valence electrons. The summed E-state index contributed by atoms with van der Waals surface area (Å²) < 4.78 is 12.2. The number of ether oxygens (including phenoxy) is 2. The Bertz CT molecular complexity index is 1660. The highest BCUT2D eigenvalue weighted by atomic mass is 16.5. The Balaban J connectivity index is 1.17. The fraction of sp³-hybridized carbons (Fsp3) is 0.488. The average molecular weight is 651 g/mol. The van der Waals surface area contributed by atoms with Crippen molar-refractivity contribution in [1.82, 2.24) is 10.3 Å². The Hall–Kier alpha value is -4.13. The molecule has 2 N–H and O–H groups in total. The predicted molar refractivity (Wildman–Crippen MR) is 189 cm³/mol. The van der Waals surface area contributed by atoms with Crippen molar-refractivity contribution in [3.05, 3.63) is 89.5 Å². The Morgan fingerprint density at radius 3 is 2.27 bits per heavy atom. The molecule has 0 bridgehead atoms. The molecule has 1 amide bonds. The number of nitrogens with one attached hydrogen (secondary N) is 1. The molecule has 0 aliphatic heterocycles. The predicted octanol–water partition coefficient (Wildman–Crippen LogP) is 9.30. The number of hydrogen-bond donors (Lipinski definition) is 2. The van der Waals surface area contributed by atoms with Crippen LogP contribution < -0.4 is 10.1 Å².